The number of aryl methyl sites for hydroxylation is 1. The van der Waals surface area contributed by atoms with Crippen LogP contribution in [0.2, 0.25) is 0 Å². The second-order valence-corrected chi connectivity index (χ2v) is 4.51. The third-order valence-electron chi connectivity index (χ3n) is 2.32. The van der Waals surface area contributed by atoms with E-state index in [4.69, 9.17) is 4.52 Å². The van der Waals surface area contributed by atoms with Crippen LogP contribution in [0.25, 0.3) is 11.4 Å². The number of carbonyl (C=O) groups excluding carboxylic acids is 1. The maximum Gasteiger partial charge on any atom is 0.306 e. The third-order valence-corrected chi connectivity index (χ3v) is 2.81. The summed E-state index contributed by atoms with van der Waals surface area (Å²) >= 11 is 3.38. The van der Waals surface area contributed by atoms with Gasteiger partial charge in [0.1, 0.15) is 0 Å². The molecule has 94 valence electrons. The number of carbonyl (C=O) groups is 1. The number of methoxy groups -OCH3 is 1. The van der Waals surface area contributed by atoms with Crippen LogP contribution in [0.4, 0.5) is 0 Å². The lowest BCUT2D eigenvalue weighted by molar-refractivity contribution is -0.140. The molecule has 5 nitrogen and oxygen atoms in total. The number of rotatable bonds is 4. The van der Waals surface area contributed by atoms with Gasteiger partial charge in [-0.25, -0.2) is 0 Å². The molecule has 1 aromatic heterocycles. The predicted molar refractivity (Wildman–Crippen MR) is 67.8 cm³/mol. The average molecular weight is 311 g/mol. The highest BCUT2D eigenvalue weighted by molar-refractivity contribution is 9.10. The second-order valence-electron chi connectivity index (χ2n) is 3.60. The number of nitrogens with zero attached hydrogens (tertiary/aromatic N) is 2. The van der Waals surface area contributed by atoms with Crippen LogP contribution in [-0.2, 0) is 16.0 Å². The van der Waals surface area contributed by atoms with E-state index in [0.717, 1.165) is 10.0 Å². The molecule has 0 aliphatic rings. The Balaban J connectivity index is 2.08. The number of hydrogen-bond donors (Lipinski definition) is 0. The molecule has 0 saturated carbocycles. The summed E-state index contributed by atoms with van der Waals surface area (Å²) in [6, 6.07) is 7.60. The Hall–Kier alpha value is -1.69. The Morgan fingerprint density at radius 2 is 2.33 bits per heavy atom. The molecule has 0 unspecified atom stereocenters. The third kappa shape index (κ3) is 3.16. The number of benzene rings is 1. The standard InChI is InChI=1S/C12H11BrN2O3/c1-17-11(16)6-5-10-14-12(15-18-10)8-3-2-4-9(13)7-8/h2-4,7H,5-6H2,1H3. The van der Waals surface area contributed by atoms with Crippen molar-refractivity contribution in [1.82, 2.24) is 10.1 Å². The molecule has 2 rings (SSSR count). The van der Waals surface area contributed by atoms with Gasteiger partial charge >= 0.3 is 5.97 Å². The van der Waals surface area contributed by atoms with Crippen molar-refractivity contribution in [2.45, 2.75) is 12.8 Å². The summed E-state index contributed by atoms with van der Waals surface area (Å²) in [6.07, 6.45) is 0.615. The Kier molecular flexibility index (Phi) is 4.09. The van der Waals surface area contributed by atoms with Gasteiger partial charge < -0.3 is 9.26 Å². The van der Waals surface area contributed by atoms with Crippen LogP contribution in [0, 0.1) is 0 Å². The van der Waals surface area contributed by atoms with E-state index in [1.165, 1.54) is 7.11 Å². The van der Waals surface area contributed by atoms with Crippen molar-refractivity contribution in [3.05, 3.63) is 34.6 Å². The first-order valence-corrected chi connectivity index (χ1v) is 6.13. The minimum atomic E-state index is -0.294. The summed E-state index contributed by atoms with van der Waals surface area (Å²) in [5, 5.41) is 3.87. The lowest BCUT2D eigenvalue weighted by Gasteiger charge is -1.95. The van der Waals surface area contributed by atoms with E-state index >= 15 is 0 Å². The Morgan fingerprint density at radius 1 is 1.50 bits per heavy atom. The molecule has 0 fully saturated rings. The molecule has 6 heteroatoms. The topological polar surface area (TPSA) is 65.2 Å². The molecule has 0 atom stereocenters. The van der Waals surface area contributed by atoms with Gasteiger partial charge in [0.15, 0.2) is 0 Å². The first-order chi connectivity index (χ1) is 8.69. The smallest absolute Gasteiger partial charge is 0.306 e. The maximum atomic E-state index is 11.0. The number of hydrogen-bond acceptors (Lipinski definition) is 5. The number of aromatic nitrogens is 2. The fourth-order valence-electron chi connectivity index (χ4n) is 1.41. The van der Waals surface area contributed by atoms with E-state index in [1.807, 2.05) is 24.3 Å². The minimum absolute atomic E-state index is 0.233. The Morgan fingerprint density at radius 3 is 3.06 bits per heavy atom. The van der Waals surface area contributed by atoms with Crippen molar-refractivity contribution in [3.63, 3.8) is 0 Å². The molecule has 1 heterocycles. The van der Waals surface area contributed by atoms with E-state index in [9.17, 15) is 4.79 Å². The van der Waals surface area contributed by atoms with Crippen LogP contribution in [0.3, 0.4) is 0 Å². The quantitative estimate of drug-likeness (QED) is 0.812. The SMILES string of the molecule is COC(=O)CCc1nc(-c2cccc(Br)c2)no1. The van der Waals surface area contributed by atoms with Gasteiger partial charge in [-0.3, -0.25) is 4.79 Å². The molecule has 0 aliphatic carbocycles. The molecule has 0 bridgehead atoms. The molecule has 0 radical (unpaired) electrons. The second kappa shape index (κ2) is 5.77. The molecular weight excluding hydrogens is 300 g/mol. The summed E-state index contributed by atoms with van der Waals surface area (Å²) in [5.74, 6) is 0.642. The average Bonchev–Trinajstić information content (AvgIpc) is 2.84. The highest BCUT2D eigenvalue weighted by Gasteiger charge is 2.10. The van der Waals surface area contributed by atoms with Gasteiger partial charge in [-0.15, -0.1) is 0 Å². The number of esters is 1. The molecule has 0 saturated heterocycles. The zero-order valence-electron chi connectivity index (χ0n) is 9.72. The molecule has 0 spiro atoms. The molecular formula is C12H11BrN2O3. The van der Waals surface area contributed by atoms with Gasteiger partial charge in [-0.2, -0.15) is 4.98 Å². The van der Waals surface area contributed by atoms with Gasteiger partial charge in [0.2, 0.25) is 11.7 Å². The largest absolute Gasteiger partial charge is 0.469 e. The van der Waals surface area contributed by atoms with E-state index in [0.29, 0.717) is 18.1 Å². The summed E-state index contributed by atoms with van der Waals surface area (Å²) in [4.78, 5) is 15.2. The summed E-state index contributed by atoms with van der Waals surface area (Å²) < 4.78 is 10.6. The fourth-order valence-corrected chi connectivity index (χ4v) is 1.81. The molecule has 0 amide bonds. The zero-order valence-corrected chi connectivity index (χ0v) is 11.3. The van der Waals surface area contributed by atoms with Gasteiger partial charge in [0.05, 0.1) is 13.5 Å². The van der Waals surface area contributed by atoms with Crippen LogP contribution in [-0.4, -0.2) is 23.2 Å². The van der Waals surface area contributed by atoms with Gasteiger partial charge in [-0.1, -0.05) is 33.2 Å². The lowest BCUT2D eigenvalue weighted by Crippen LogP contribution is -2.01. The molecule has 1 aromatic carbocycles. The summed E-state index contributed by atoms with van der Waals surface area (Å²) in [5.41, 5.74) is 0.859. The van der Waals surface area contributed by atoms with Crippen molar-refractivity contribution in [1.29, 1.82) is 0 Å². The van der Waals surface area contributed by atoms with Crippen LogP contribution in [0.15, 0.2) is 33.3 Å². The summed E-state index contributed by atoms with van der Waals surface area (Å²) in [6.45, 7) is 0. The van der Waals surface area contributed by atoms with E-state index < -0.39 is 0 Å². The predicted octanol–water partition coefficient (Wildman–Crippen LogP) is 2.60. The molecule has 0 aliphatic heterocycles. The normalized spacial score (nSPS) is 10.3. The van der Waals surface area contributed by atoms with Gasteiger partial charge in [-0.05, 0) is 12.1 Å². The maximum absolute atomic E-state index is 11.0. The highest BCUT2D eigenvalue weighted by atomic mass is 79.9. The molecule has 2 aromatic rings. The van der Waals surface area contributed by atoms with Crippen LogP contribution in [0.5, 0.6) is 0 Å². The zero-order chi connectivity index (χ0) is 13.0. The van der Waals surface area contributed by atoms with Gasteiger partial charge in [0, 0.05) is 16.5 Å². The van der Waals surface area contributed by atoms with Crippen LogP contribution in [0.1, 0.15) is 12.3 Å². The van der Waals surface area contributed by atoms with Crippen molar-refractivity contribution >= 4 is 21.9 Å². The van der Waals surface area contributed by atoms with E-state index in [-0.39, 0.29) is 12.4 Å². The van der Waals surface area contributed by atoms with E-state index in [1.54, 1.807) is 0 Å². The van der Waals surface area contributed by atoms with E-state index in [2.05, 4.69) is 30.8 Å². The number of halogens is 1. The molecule has 0 N–H and O–H groups in total. The number of ether oxygens (including phenoxy) is 1. The Bertz CT molecular complexity index is 554. The Labute approximate surface area is 112 Å². The van der Waals surface area contributed by atoms with Crippen molar-refractivity contribution in [2.75, 3.05) is 7.11 Å². The fraction of sp³-hybridized carbons (Fsp3) is 0.250. The monoisotopic (exact) mass is 310 g/mol. The first-order valence-electron chi connectivity index (χ1n) is 5.34. The van der Waals surface area contributed by atoms with Crippen LogP contribution < -0.4 is 0 Å². The summed E-state index contributed by atoms with van der Waals surface area (Å²) in [7, 11) is 1.35. The van der Waals surface area contributed by atoms with Gasteiger partial charge in [0.25, 0.3) is 0 Å². The van der Waals surface area contributed by atoms with Crippen LogP contribution >= 0.6 is 15.9 Å². The van der Waals surface area contributed by atoms with Crippen molar-refractivity contribution in [2.24, 2.45) is 0 Å². The van der Waals surface area contributed by atoms with Crippen molar-refractivity contribution < 1.29 is 14.1 Å². The lowest BCUT2D eigenvalue weighted by atomic mass is 10.2. The van der Waals surface area contributed by atoms with Crippen molar-refractivity contribution in [3.8, 4) is 11.4 Å². The molecule has 18 heavy (non-hydrogen) atoms. The first kappa shape index (κ1) is 12.8. The minimum Gasteiger partial charge on any atom is -0.469 e. The highest BCUT2D eigenvalue weighted by Crippen LogP contribution is 2.20.